The number of hydrogen-bond acceptors (Lipinski definition) is 3. The molecule has 0 aromatic carbocycles. The van der Waals surface area contributed by atoms with E-state index in [-0.39, 0.29) is 0 Å². The van der Waals surface area contributed by atoms with Crippen LogP contribution < -0.4 is 0 Å². The van der Waals surface area contributed by atoms with Crippen molar-refractivity contribution in [3.05, 3.63) is 34.4 Å². The molecule has 0 radical (unpaired) electrons. The molecular weight excluding hydrogens is 228 g/mol. The van der Waals surface area contributed by atoms with Crippen LogP contribution in [0.4, 0.5) is 0 Å². The van der Waals surface area contributed by atoms with Crippen LogP contribution in [0.25, 0.3) is 11.3 Å². The summed E-state index contributed by atoms with van der Waals surface area (Å²) in [5, 5.41) is 3.21. The van der Waals surface area contributed by atoms with Gasteiger partial charge < -0.3 is 0 Å². The second-order valence-electron chi connectivity index (χ2n) is 4.70. The summed E-state index contributed by atoms with van der Waals surface area (Å²) in [4.78, 5) is 9.10. The molecule has 1 aliphatic carbocycles. The Morgan fingerprint density at radius 3 is 2.65 bits per heavy atom. The number of pyridine rings is 1. The SMILES string of the molecule is Cc1nc(-c2ccc(C3CCCC3)nc2)cs1. The maximum atomic E-state index is 4.61. The lowest BCUT2D eigenvalue weighted by molar-refractivity contribution is 0.698. The van der Waals surface area contributed by atoms with Crippen molar-refractivity contribution < 1.29 is 0 Å². The minimum Gasteiger partial charge on any atom is -0.260 e. The average Bonchev–Trinajstić information content (AvgIpc) is 3.00. The fourth-order valence-corrected chi connectivity index (χ4v) is 3.14. The minimum atomic E-state index is 0.696. The molecule has 3 heteroatoms. The molecule has 1 aliphatic rings. The van der Waals surface area contributed by atoms with Crippen LogP contribution in [0, 0.1) is 6.92 Å². The zero-order chi connectivity index (χ0) is 11.7. The molecule has 1 fully saturated rings. The third kappa shape index (κ3) is 2.25. The van der Waals surface area contributed by atoms with Crippen LogP contribution in [0.15, 0.2) is 23.7 Å². The quantitative estimate of drug-likeness (QED) is 0.792. The summed E-state index contributed by atoms with van der Waals surface area (Å²) in [6, 6.07) is 4.34. The first-order chi connectivity index (χ1) is 8.33. The minimum absolute atomic E-state index is 0.696. The summed E-state index contributed by atoms with van der Waals surface area (Å²) in [5.74, 6) is 0.696. The normalized spacial score (nSPS) is 16.5. The lowest BCUT2D eigenvalue weighted by atomic mass is 10.0. The first-order valence-electron chi connectivity index (χ1n) is 6.21. The van der Waals surface area contributed by atoms with Gasteiger partial charge >= 0.3 is 0 Å². The van der Waals surface area contributed by atoms with Crippen molar-refractivity contribution in [3.63, 3.8) is 0 Å². The predicted molar refractivity (Wildman–Crippen MR) is 71.3 cm³/mol. The van der Waals surface area contributed by atoms with Crippen LogP contribution in [0.5, 0.6) is 0 Å². The number of aromatic nitrogens is 2. The standard InChI is InChI=1S/C14H16N2S/c1-10-16-14(9-17-10)12-6-7-13(15-8-12)11-4-2-3-5-11/h6-9,11H,2-5H2,1H3. The highest BCUT2D eigenvalue weighted by Gasteiger charge is 2.18. The van der Waals surface area contributed by atoms with E-state index < -0.39 is 0 Å². The Morgan fingerprint density at radius 2 is 2.06 bits per heavy atom. The highest BCUT2D eigenvalue weighted by Crippen LogP contribution is 2.33. The molecule has 2 aromatic heterocycles. The molecule has 2 heterocycles. The number of aryl methyl sites for hydroxylation is 1. The predicted octanol–water partition coefficient (Wildman–Crippen LogP) is 4.17. The molecule has 17 heavy (non-hydrogen) atoms. The molecule has 0 unspecified atom stereocenters. The van der Waals surface area contributed by atoms with Crippen molar-refractivity contribution in [1.82, 2.24) is 9.97 Å². The van der Waals surface area contributed by atoms with Crippen LogP contribution >= 0.6 is 11.3 Å². The van der Waals surface area contributed by atoms with E-state index in [2.05, 4.69) is 27.5 Å². The van der Waals surface area contributed by atoms with Gasteiger partial charge in [0.15, 0.2) is 0 Å². The van der Waals surface area contributed by atoms with E-state index in [4.69, 9.17) is 0 Å². The number of nitrogens with zero attached hydrogens (tertiary/aromatic N) is 2. The lowest BCUT2D eigenvalue weighted by Crippen LogP contribution is -1.95. The van der Waals surface area contributed by atoms with E-state index in [9.17, 15) is 0 Å². The fraction of sp³-hybridized carbons (Fsp3) is 0.429. The van der Waals surface area contributed by atoms with E-state index in [1.54, 1.807) is 11.3 Å². The Hall–Kier alpha value is -1.22. The van der Waals surface area contributed by atoms with E-state index >= 15 is 0 Å². The fourth-order valence-electron chi connectivity index (χ4n) is 2.52. The second kappa shape index (κ2) is 4.57. The van der Waals surface area contributed by atoms with Gasteiger partial charge in [-0.2, -0.15) is 0 Å². The van der Waals surface area contributed by atoms with Crippen LogP contribution in [0.1, 0.15) is 42.3 Å². The van der Waals surface area contributed by atoms with E-state index in [0.717, 1.165) is 16.3 Å². The van der Waals surface area contributed by atoms with Crippen molar-refractivity contribution in [2.24, 2.45) is 0 Å². The molecule has 0 atom stereocenters. The zero-order valence-corrected chi connectivity index (χ0v) is 10.8. The van der Waals surface area contributed by atoms with Crippen molar-refractivity contribution in [3.8, 4) is 11.3 Å². The summed E-state index contributed by atoms with van der Waals surface area (Å²) in [7, 11) is 0. The van der Waals surface area contributed by atoms with Crippen molar-refractivity contribution in [2.75, 3.05) is 0 Å². The van der Waals surface area contributed by atoms with Crippen LogP contribution in [-0.2, 0) is 0 Å². The van der Waals surface area contributed by atoms with Crippen molar-refractivity contribution in [2.45, 2.75) is 38.5 Å². The molecule has 1 saturated carbocycles. The van der Waals surface area contributed by atoms with Gasteiger partial charge in [-0.15, -0.1) is 11.3 Å². The smallest absolute Gasteiger partial charge is 0.0901 e. The molecule has 0 spiro atoms. The number of thiazole rings is 1. The molecular formula is C14H16N2S. The monoisotopic (exact) mass is 244 g/mol. The van der Waals surface area contributed by atoms with Crippen molar-refractivity contribution in [1.29, 1.82) is 0 Å². The maximum Gasteiger partial charge on any atom is 0.0901 e. The molecule has 0 amide bonds. The molecule has 0 bridgehead atoms. The van der Waals surface area contributed by atoms with Gasteiger partial charge in [0, 0.05) is 28.8 Å². The number of hydrogen-bond donors (Lipinski definition) is 0. The Labute approximate surface area is 106 Å². The van der Waals surface area contributed by atoms with Gasteiger partial charge in [0.2, 0.25) is 0 Å². The van der Waals surface area contributed by atoms with Gasteiger partial charge in [-0.1, -0.05) is 12.8 Å². The Kier molecular flexibility index (Phi) is 2.93. The molecule has 3 rings (SSSR count). The van der Waals surface area contributed by atoms with E-state index in [1.807, 2.05) is 13.1 Å². The van der Waals surface area contributed by atoms with Gasteiger partial charge in [0.05, 0.1) is 10.7 Å². The van der Waals surface area contributed by atoms with Gasteiger partial charge in [-0.3, -0.25) is 4.98 Å². The van der Waals surface area contributed by atoms with E-state index in [1.165, 1.54) is 31.4 Å². The van der Waals surface area contributed by atoms with Gasteiger partial charge in [0.25, 0.3) is 0 Å². The molecule has 0 N–H and O–H groups in total. The molecule has 0 saturated heterocycles. The van der Waals surface area contributed by atoms with E-state index in [0.29, 0.717) is 5.92 Å². The summed E-state index contributed by atoms with van der Waals surface area (Å²) in [6.07, 6.45) is 7.31. The summed E-state index contributed by atoms with van der Waals surface area (Å²) < 4.78 is 0. The highest BCUT2D eigenvalue weighted by atomic mass is 32.1. The third-order valence-corrected chi connectivity index (χ3v) is 4.25. The molecule has 88 valence electrons. The third-order valence-electron chi connectivity index (χ3n) is 3.47. The zero-order valence-electron chi connectivity index (χ0n) is 10.0. The summed E-state index contributed by atoms with van der Waals surface area (Å²) in [5.41, 5.74) is 3.45. The first-order valence-corrected chi connectivity index (χ1v) is 7.09. The molecule has 2 aromatic rings. The summed E-state index contributed by atoms with van der Waals surface area (Å²) in [6.45, 7) is 2.04. The highest BCUT2D eigenvalue weighted by molar-refractivity contribution is 7.09. The largest absolute Gasteiger partial charge is 0.260 e. The Bertz CT molecular complexity index is 495. The van der Waals surface area contributed by atoms with Crippen LogP contribution in [-0.4, -0.2) is 9.97 Å². The average molecular weight is 244 g/mol. The van der Waals surface area contributed by atoms with Crippen LogP contribution in [0.3, 0.4) is 0 Å². The number of rotatable bonds is 2. The topological polar surface area (TPSA) is 25.8 Å². The molecule has 2 nitrogen and oxygen atoms in total. The summed E-state index contributed by atoms with van der Waals surface area (Å²) >= 11 is 1.69. The lowest BCUT2D eigenvalue weighted by Gasteiger charge is -2.08. The van der Waals surface area contributed by atoms with Gasteiger partial charge in [0.1, 0.15) is 0 Å². The van der Waals surface area contributed by atoms with Crippen LogP contribution in [0.2, 0.25) is 0 Å². The van der Waals surface area contributed by atoms with Gasteiger partial charge in [-0.05, 0) is 31.9 Å². The first kappa shape index (κ1) is 10.9. The second-order valence-corrected chi connectivity index (χ2v) is 5.77. The maximum absolute atomic E-state index is 4.61. The van der Waals surface area contributed by atoms with Gasteiger partial charge in [-0.25, -0.2) is 4.98 Å². The molecule has 0 aliphatic heterocycles. The van der Waals surface area contributed by atoms with Crippen molar-refractivity contribution >= 4 is 11.3 Å². The Balaban J connectivity index is 1.84. The Morgan fingerprint density at radius 1 is 1.24 bits per heavy atom.